The Morgan fingerprint density at radius 3 is 2.42 bits per heavy atom. The van der Waals surface area contributed by atoms with Crippen LogP contribution in [0.3, 0.4) is 0 Å². The van der Waals surface area contributed by atoms with Crippen LogP contribution >= 0.6 is 0 Å². The maximum absolute atomic E-state index is 11.8. The van der Waals surface area contributed by atoms with Gasteiger partial charge in [-0.1, -0.05) is 29.8 Å². The molecule has 0 radical (unpaired) electrons. The van der Waals surface area contributed by atoms with Crippen molar-refractivity contribution >= 4 is 0 Å². The molecule has 0 aliphatic rings. The zero-order valence-electron chi connectivity index (χ0n) is 11.4. The summed E-state index contributed by atoms with van der Waals surface area (Å²) in [5.74, 6) is 0. The van der Waals surface area contributed by atoms with E-state index < -0.39 is 6.10 Å². The molecule has 0 aliphatic carbocycles. The fraction of sp³-hybridized carbons (Fsp3) is 0.333. The Bertz CT molecular complexity index is 630. The number of hydrogen-bond acceptors (Lipinski definition) is 3. The summed E-state index contributed by atoms with van der Waals surface area (Å²) in [6.07, 6.45) is -0.707. The van der Waals surface area contributed by atoms with Gasteiger partial charge in [0, 0.05) is 11.4 Å². The first-order valence-electron chi connectivity index (χ1n) is 6.27. The van der Waals surface area contributed by atoms with Gasteiger partial charge in [-0.2, -0.15) is 4.98 Å². The van der Waals surface area contributed by atoms with Crippen molar-refractivity contribution in [3.05, 3.63) is 63.3 Å². The van der Waals surface area contributed by atoms with Crippen molar-refractivity contribution in [2.75, 3.05) is 0 Å². The van der Waals surface area contributed by atoms with Crippen molar-refractivity contribution in [1.82, 2.24) is 9.55 Å². The second-order valence-corrected chi connectivity index (χ2v) is 4.86. The summed E-state index contributed by atoms with van der Waals surface area (Å²) in [6.45, 7) is 5.85. The van der Waals surface area contributed by atoms with Gasteiger partial charge in [0.05, 0.1) is 12.6 Å². The van der Waals surface area contributed by atoms with Gasteiger partial charge in [0.25, 0.3) is 0 Å². The van der Waals surface area contributed by atoms with E-state index in [4.69, 9.17) is 0 Å². The minimum Gasteiger partial charge on any atom is -0.387 e. The van der Waals surface area contributed by atoms with Crippen LogP contribution in [0.2, 0.25) is 0 Å². The number of aliphatic hydroxyl groups is 1. The summed E-state index contributed by atoms with van der Waals surface area (Å²) in [4.78, 5) is 15.7. The minimum atomic E-state index is -0.707. The van der Waals surface area contributed by atoms with Gasteiger partial charge in [-0.15, -0.1) is 0 Å². The second kappa shape index (κ2) is 5.36. The third kappa shape index (κ3) is 3.09. The van der Waals surface area contributed by atoms with Gasteiger partial charge >= 0.3 is 5.69 Å². The van der Waals surface area contributed by atoms with Crippen LogP contribution in [0.5, 0.6) is 0 Å². The predicted molar refractivity (Wildman–Crippen MR) is 74.1 cm³/mol. The molecule has 2 rings (SSSR count). The monoisotopic (exact) mass is 258 g/mol. The van der Waals surface area contributed by atoms with E-state index in [9.17, 15) is 9.90 Å². The fourth-order valence-electron chi connectivity index (χ4n) is 2.06. The van der Waals surface area contributed by atoms with Gasteiger partial charge in [0.1, 0.15) is 0 Å². The Morgan fingerprint density at radius 1 is 1.21 bits per heavy atom. The van der Waals surface area contributed by atoms with Gasteiger partial charge < -0.3 is 5.11 Å². The van der Waals surface area contributed by atoms with Crippen LogP contribution in [0.15, 0.2) is 35.1 Å². The van der Waals surface area contributed by atoms with Crippen LogP contribution < -0.4 is 5.69 Å². The van der Waals surface area contributed by atoms with Crippen molar-refractivity contribution in [2.45, 2.75) is 33.4 Å². The van der Waals surface area contributed by atoms with Crippen LogP contribution in [0, 0.1) is 20.8 Å². The van der Waals surface area contributed by atoms with Crippen LogP contribution in [-0.4, -0.2) is 14.7 Å². The molecule has 1 N–H and O–H groups in total. The molecule has 19 heavy (non-hydrogen) atoms. The first-order chi connectivity index (χ1) is 8.97. The number of hydrogen-bond donors (Lipinski definition) is 1. The maximum Gasteiger partial charge on any atom is 0.348 e. The van der Waals surface area contributed by atoms with E-state index in [0.29, 0.717) is 5.69 Å². The van der Waals surface area contributed by atoms with E-state index in [2.05, 4.69) is 4.98 Å². The molecule has 1 atom stereocenters. The molecule has 0 fully saturated rings. The maximum atomic E-state index is 11.8. The molecule has 0 saturated heterocycles. The highest BCUT2D eigenvalue weighted by Gasteiger charge is 2.11. The fourth-order valence-corrected chi connectivity index (χ4v) is 2.06. The second-order valence-electron chi connectivity index (χ2n) is 4.86. The number of nitrogens with zero attached hydrogens (tertiary/aromatic N) is 2. The molecule has 1 heterocycles. The molecule has 0 spiro atoms. The molecule has 4 nitrogen and oxygen atoms in total. The van der Waals surface area contributed by atoms with Gasteiger partial charge in [0.2, 0.25) is 0 Å². The molecule has 0 aliphatic heterocycles. The van der Waals surface area contributed by atoms with E-state index >= 15 is 0 Å². The van der Waals surface area contributed by atoms with Gasteiger partial charge in [0.15, 0.2) is 0 Å². The van der Waals surface area contributed by atoms with Crippen molar-refractivity contribution < 1.29 is 5.11 Å². The normalized spacial score (nSPS) is 12.4. The highest BCUT2D eigenvalue weighted by Crippen LogP contribution is 2.15. The SMILES string of the molecule is Cc1ccc(C(O)Cn2c(C)cc(C)nc2=O)cc1. The van der Waals surface area contributed by atoms with Gasteiger partial charge in [-0.25, -0.2) is 4.79 Å². The first-order valence-corrected chi connectivity index (χ1v) is 6.27. The standard InChI is InChI=1S/C15H18N2O2/c1-10-4-6-13(7-5-10)14(18)9-17-12(3)8-11(2)16-15(17)19/h4-8,14,18H,9H2,1-3H3. The molecule has 2 aromatic rings. The molecule has 0 saturated carbocycles. The number of rotatable bonds is 3. The zero-order chi connectivity index (χ0) is 14.0. The predicted octanol–water partition coefficient (Wildman–Crippen LogP) is 1.90. The third-order valence-corrected chi connectivity index (χ3v) is 3.16. The molecule has 0 bridgehead atoms. The largest absolute Gasteiger partial charge is 0.387 e. The van der Waals surface area contributed by atoms with Crippen molar-refractivity contribution in [2.24, 2.45) is 0 Å². The lowest BCUT2D eigenvalue weighted by Gasteiger charge is -2.15. The highest BCUT2D eigenvalue weighted by molar-refractivity contribution is 5.23. The molecule has 100 valence electrons. The molecular formula is C15H18N2O2. The molecule has 4 heteroatoms. The molecule has 0 amide bonds. The summed E-state index contributed by atoms with van der Waals surface area (Å²) < 4.78 is 1.50. The van der Waals surface area contributed by atoms with Crippen LogP contribution in [-0.2, 0) is 6.54 Å². The number of benzene rings is 1. The molecule has 1 aromatic carbocycles. The van der Waals surface area contributed by atoms with Crippen molar-refractivity contribution in [3.63, 3.8) is 0 Å². The number of aliphatic hydroxyl groups excluding tert-OH is 1. The Labute approximate surface area is 112 Å². The summed E-state index contributed by atoms with van der Waals surface area (Å²) >= 11 is 0. The quantitative estimate of drug-likeness (QED) is 0.914. The van der Waals surface area contributed by atoms with E-state index in [1.165, 1.54) is 4.57 Å². The Hall–Kier alpha value is -1.94. The lowest BCUT2D eigenvalue weighted by Crippen LogP contribution is -2.28. The van der Waals surface area contributed by atoms with E-state index in [0.717, 1.165) is 16.8 Å². The Balaban J connectivity index is 2.26. The van der Waals surface area contributed by atoms with E-state index in [1.807, 2.05) is 44.2 Å². The number of aromatic nitrogens is 2. The molecular weight excluding hydrogens is 240 g/mol. The van der Waals surface area contributed by atoms with Crippen LogP contribution in [0.4, 0.5) is 0 Å². The zero-order valence-corrected chi connectivity index (χ0v) is 11.4. The molecule has 1 aromatic heterocycles. The first kappa shape index (κ1) is 13.5. The lowest BCUT2D eigenvalue weighted by molar-refractivity contribution is 0.153. The average Bonchev–Trinajstić information content (AvgIpc) is 2.34. The minimum absolute atomic E-state index is 0.223. The third-order valence-electron chi connectivity index (χ3n) is 3.16. The smallest absolute Gasteiger partial charge is 0.348 e. The summed E-state index contributed by atoms with van der Waals surface area (Å²) in [6, 6.07) is 9.48. The van der Waals surface area contributed by atoms with Gasteiger partial charge in [-0.05, 0) is 32.4 Å². The van der Waals surface area contributed by atoms with Crippen LogP contribution in [0.1, 0.15) is 28.6 Å². The van der Waals surface area contributed by atoms with Crippen molar-refractivity contribution in [3.8, 4) is 0 Å². The van der Waals surface area contributed by atoms with Crippen molar-refractivity contribution in [1.29, 1.82) is 0 Å². The van der Waals surface area contributed by atoms with E-state index in [1.54, 1.807) is 6.92 Å². The molecule has 1 unspecified atom stereocenters. The summed E-state index contributed by atoms with van der Waals surface area (Å²) in [5, 5.41) is 10.2. The average molecular weight is 258 g/mol. The summed E-state index contributed by atoms with van der Waals surface area (Å²) in [5.41, 5.74) is 3.13. The Morgan fingerprint density at radius 2 is 1.84 bits per heavy atom. The van der Waals surface area contributed by atoms with Crippen LogP contribution in [0.25, 0.3) is 0 Å². The van der Waals surface area contributed by atoms with Gasteiger partial charge in [-0.3, -0.25) is 4.57 Å². The topological polar surface area (TPSA) is 55.1 Å². The summed E-state index contributed by atoms with van der Waals surface area (Å²) in [7, 11) is 0. The lowest BCUT2D eigenvalue weighted by atomic mass is 10.1. The van der Waals surface area contributed by atoms with E-state index in [-0.39, 0.29) is 12.2 Å². The Kier molecular flexibility index (Phi) is 3.81. The number of aryl methyl sites for hydroxylation is 3. The highest BCUT2D eigenvalue weighted by atomic mass is 16.3.